The number of nitrogens with zero attached hydrogens (tertiary/aromatic N) is 1. The Hall–Kier alpha value is -1.95. The normalized spacial score (nSPS) is 12.7. The molecule has 33 heavy (non-hydrogen) atoms. The number of benzene rings is 2. The van der Waals surface area contributed by atoms with E-state index in [0.717, 1.165) is 0 Å². The van der Waals surface area contributed by atoms with Crippen molar-refractivity contribution in [2.75, 3.05) is 16.9 Å². The first-order chi connectivity index (χ1) is 15.1. The standard InChI is InChI=1S/C19H18ClN4O6PS.Na/c20-18-17(10-5-11-21-18)30-31(26,27)13-22-32(28,29)16-9-4-8-15(12-16)24-19(25)23-14-6-2-1-3-7-14;/h1-12,22H,13H2,(H,26,27)(H2,23,24,25);. The van der Waals surface area contributed by atoms with Crippen molar-refractivity contribution in [1.29, 1.82) is 0 Å². The van der Waals surface area contributed by atoms with Gasteiger partial charge in [-0.2, -0.15) is 4.72 Å². The third-order valence-electron chi connectivity index (χ3n) is 3.85. The maximum absolute atomic E-state index is 12.6. The molecule has 1 heterocycles. The number of urea groups is 1. The number of sulfonamides is 1. The van der Waals surface area contributed by atoms with Crippen LogP contribution in [-0.2, 0) is 14.6 Å². The third-order valence-corrected chi connectivity index (χ3v) is 6.79. The predicted octanol–water partition coefficient (Wildman–Crippen LogP) is 3.50. The van der Waals surface area contributed by atoms with Crippen molar-refractivity contribution < 1.29 is 27.2 Å². The first-order valence-electron chi connectivity index (χ1n) is 8.99. The minimum Gasteiger partial charge on any atom is -0.420 e. The van der Waals surface area contributed by atoms with Crippen LogP contribution in [0, 0.1) is 0 Å². The molecule has 1 radical (unpaired) electrons. The zero-order valence-corrected chi connectivity index (χ0v) is 21.8. The molecule has 0 saturated carbocycles. The SMILES string of the molecule is O=C(Nc1ccccc1)Nc1cccc(S(=O)(=O)NCP(=O)(O)Oc2cccnc2Cl)c1.[Na]. The molecule has 0 aliphatic rings. The molecule has 3 aromatic rings. The molecule has 0 spiro atoms. The van der Waals surface area contributed by atoms with E-state index in [-0.39, 0.29) is 51.0 Å². The predicted molar refractivity (Wildman–Crippen MR) is 126 cm³/mol. The van der Waals surface area contributed by atoms with Gasteiger partial charge in [0, 0.05) is 47.1 Å². The molecular weight excluding hydrogens is 502 g/mol. The van der Waals surface area contributed by atoms with Gasteiger partial charge in [0.15, 0.2) is 10.9 Å². The number of carbonyl (C=O) groups excluding carboxylic acids is 1. The topological polar surface area (TPSA) is 147 Å². The fraction of sp³-hybridized carbons (Fsp3) is 0.0526. The summed E-state index contributed by atoms with van der Waals surface area (Å²) < 4.78 is 44.3. The summed E-state index contributed by atoms with van der Waals surface area (Å²) in [6, 6.07) is 16.3. The van der Waals surface area contributed by atoms with E-state index >= 15 is 0 Å². The Morgan fingerprint density at radius 3 is 2.39 bits per heavy atom. The van der Waals surface area contributed by atoms with Crippen LogP contribution in [0.3, 0.4) is 0 Å². The van der Waals surface area contributed by atoms with E-state index in [2.05, 4.69) is 15.6 Å². The molecule has 1 unspecified atom stereocenters. The average molecular weight is 520 g/mol. The number of carbonyl (C=O) groups is 1. The molecule has 169 valence electrons. The van der Waals surface area contributed by atoms with E-state index in [1.165, 1.54) is 42.6 Å². The number of para-hydroxylation sites is 1. The largest absolute Gasteiger partial charge is 0.420 e. The van der Waals surface area contributed by atoms with Gasteiger partial charge in [-0.05, 0) is 42.5 Å². The Morgan fingerprint density at radius 2 is 1.70 bits per heavy atom. The van der Waals surface area contributed by atoms with Crippen LogP contribution < -0.4 is 19.9 Å². The van der Waals surface area contributed by atoms with Gasteiger partial charge in [0.2, 0.25) is 10.0 Å². The molecule has 4 N–H and O–H groups in total. The average Bonchev–Trinajstić information content (AvgIpc) is 2.75. The second-order valence-electron chi connectivity index (χ2n) is 6.30. The minimum atomic E-state index is -4.43. The molecule has 0 fully saturated rings. The van der Waals surface area contributed by atoms with Crippen LogP contribution in [0.1, 0.15) is 0 Å². The van der Waals surface area contributed by atoms with Crippen molar-refractivity contribution in [3.8, 4) is 5.75 Å². The summed E-state index contributed by atoms with van der Waals surface area (Å²) in [6.45, 7) is 0. The van der Waals surface area contributed by atoms with Crippen LogP contribution >= 0.6 is 19.2 Å². The van der Waals surface area contributed by atoms with Crippen LogP contribution in [0.2, 0.25) is 5.15 Å². The van der Waals surface area contributed by atoms with Crippen LogP contribution in [0.5, 0.6) is 5.75 Å². The Labute approximate surface area is 217 Å². The maximum Gasteiger partial charge on any atom is 0.391 e. The number of rotatable bonds is 8. The number of amides is 2. The molecule has 1 atom stereocenters. The summed E-state index contributed by atoms with van der Waals surface area (Å²) in [5.74, 6) is -0.158. The first-order valence-corrected chi connectivity index (χ1v) is 12.6. The van der Waals surface area contributed by atoms with E-state index in [0.29, 0.717) is 5.69 Å². The maximum atomic E-state index is 12.6. The fourth-order valence-corrected chi connectivity index (χ4v) is 5.20. The second-order valence-corrected chi connectivity index (χ2v) is 10.2. The molecule has 0 aliphatic heterocycles. The van der Waals surface area contributed by atoms with Gasteiger partial charge < -0.3 is 20.1 Å². The molecule has 0 bridgehead atoms. The minimum absolute atomic E-state index is 0. The van der Waals surface area contributed by atoms with Crippen molar-refractivity contribution >= 4 is 76.2 Å². The second kappa shape index (κ2) is 12.0. The Bertz CT molecular complexity index is 1270. The van der Waals surface area contributed by atoms with Crippen LogP contribution in [0.25, 0.3) is 0 Å². The first kappa shape index (κ1) is 27.3. The molecular formula is C19H18ClN4NaO6PS. The van der Waals surface area contributed by atoms with Gasteiger partial charge in [-0.15, -0.1) is 0 Å². The van der Waals surface area contributed by atoms with E-state index in [4.69, 9.17) is 16.1 Å². The van der Waals surface area contributed by atoms with Crippen molar-refractivity contribution in [3.63, 3.8) is 0 Å². The molecule has 0 saturated heterocycles. The van der Waals surface area contributed by atoms with Crippen molar-refractivity contribution in [2.45, 2.75) is 4.90 Å². The van der Waals surface area contributed by atoms with Crippen molar-refractivity contribution in [2.24, 2.45) is 0 Å². The molecule has 10 nitrogen and oxygen atoms in total. The number of hydrogen-bond donors (Lipinski definition) is 4. The van der Waals surface area contributed by atoms with Gasteiger partial charge in [-0.1, -0.05) is 35.9 Å². The molecule has 0 aliphatic carbocycles. The molecule has 14 heteroatoms. The smallest absolute Gasteiger partial charge is 0.391 e. The van der Waals surface area contributed by atoms with Crippen LogP contribution in [0.15, 0.2) is 77.8 Å². The van der Waals surface area contributed by atoms with Crippen LogP contribution in [0.4, 0.5) is 16.2 Å². The Morgan fingerprint density at radius 1 is 1.03 bits per heavy atom. The quantitative estimate of drug-likeness (QED) is 0.202. The summed E-state index contributed by atoms with van der Waals surface area (Å²) >= 11 is 5.78. The van der Waals surface area contributed by atoms with E-state index in [9.17, 15) is 22.7 Å². The summed E-state index contributed by atoms with van der Waals surface area (Å²) in [6.07, 6.45) is 0.452. The van der Waals surface area contributed by atoms with Gasteiger partial charge in [0.1, 0.15) is 6.29 Å². The summed E-state index contributed by atoms with van der Waals surface area (Å²) in [4.78, 5) is 25.6. The van der Waals surface area contributed by atoms with Crippen molar-refractivity contribution in [3.05, 3.63) is 78.1 Å². The molecule has 2 amide bonds. The number of halogens is 1. The van der Waals surface area contributed by atoms with E-state index < -0.39 is 29.9 Å². The molecule has 3 rings (SSSR count). The molecule has 1 aromatic heterocycles. The number of anilines is 2. The van der Waals surface area contributed by atoms with Gasteiger partial charge in [-0.3, -0.25) is 0 Å². The number of pyridine rings is 1. The van der Waals surface area contributed by atoms with Gasteiger partial charge in [0.05, 0.1) is 4.90 Å². The number of nitrogens with one attached hydrogen (secondary N) is 3. The van der Waals surface area contributed by atoms with E-state index in [1.807, 2.05) is 4.72 Å². The monoisotopic (exact) mass is 519 g/mol. The summed E-state index contributed by atoms with van der Waals surface area (Å²) in [5, 5.41) is 4.98. The van der Waals surface area contributed by atoms with E-state index in [1.54, 1.807) is 30.3 Å². The van der Waals surface area contributed by atoms with Gasteiger partial charge in [0.25, 0.3) is 0 Å². The molecule has 2 aromatic carbocycles. The zero-order chi connectivity index (χ0) is 23.2. The van der Waals surface area contributed by atoms with Gasteiger partial charge in [-0.25, -0.2) is 22.8 Å². The summed E-state index contributed by atoms with van der Waals surface area (Å²) in [5.41, 5.74) is 0.759. The van der Waals surface area contributed by atoms with Crippen LogP contribution in [-0.4, -0.2) is 60.2 Å². The number of aromatic nitrogens is 1. The van der Waals surface area contributed by atoms with Gasteiger partial charge >= 0.3 is 13.6 Å². The fourth-order valence-electron chi connectivity index (χ4n) is 2.43. The third kappa shape index (κ3) is 8.40. The zero-order valence-electron chi connectivity index (χ0n) is 17.3. The summed E-state index contributed by atoms with van der Waals surface area (Å²) in [7, 11) is -8.62. The Balaban J connectivity index is 0.00000385. The van der Waals surface area contributed by atoms with Crippen molar-refractivity contribution in [1.82, 2.24) is 9.71 Å². The number of hydrogen-bond acceptors (Lipinski definition) is 6. The Kier molecular flexibility index (Phi) is 9.89.